The maximum Gasteiger partial charge on any atom is 0.333 e. The summed E-state index contributed by atoms with van der Waals surface area (Å²) >= 11 is 0. The Kier molecular flexibility index (Phi) is 5.21. The van der Waals surface area contributed by atoms with Gasteiger partial charge < -0.3 is 4.74 Å². The van der Waals surface area contributed by atoms with E-state index in [-0.39, 0.29) is 5.97 Å². The lowest BCUT2D eigenvalue weighted by Crippen LogP contribution is -2.17. The number of esters is 1. The third-order valence-electron chi connectivity index (χ3n) is 2.55. The van der Waals surface area contributed by atoms with Crippen molar-refractivity contribution in [1.82, 2.24) is 0 Å². The minimum atomic E-state index is -1.98. The van der Waals surface area contributed by atoms with Crippen molar-refractivity contribution in [3.05, 3.63) is 12.2 Å². The van der Waals surface area contributed by atoms with Gasteiger partial charge in [0.05, 0.1) is 6.61 Å². The van der Waals surface area contributed by atoms with Gasteiger partial charge in [0.2, 0.25) is 0 Å². The van der Waals surface area contributed by atoms with Gasteiger partial charge in [-0.1, -0.05) is 24.2 Å². The summed E-state index contributed by atoms with van der Waals surface area (Å²) in [7, 11) is 4.55. The summed E-state index contributed by atoms with van der Waals surface area (Å²) in [5.41, 5.74) is 0.446. The van der Waals surface area contributed by atoms with Gasteiger partial charge in [-0.3, -0.25) is 0 Å². The molecule has 0 aliphatic carbocycles. The first-order valence-electron chi connectivity index (χ1n) is 5.20. The number of hydrogen-bond donors (Lipinski definition) is 1. The largest absolute Gasteiger partial charge is 0.462 e. The van der Waals surface area contributed by atoms with E-state index in [0.717, 1.165) is 17.9 Å². The predicted molar refractivity (Wildman–Crippen MR) is 72.5 cm³/mol. The summed E-state index contributed by atoms with van der Waals surface area (Å²) < 4.78 is 5.01. The monoisotopic (exact) mass is 254 g/mol. The van der Waals surface area contributed by atoms with Crippen LogP contribution < -0.4 is 0 Å². The van der Waals surface area contributed by atoms with E-state index in [1.807, 2.05) is 0 Å². The zero-order valence-electron chi connectivity index (χ0n) is 10.2. The third-order valence-corrected chi connectivity index (χ3v) is 7.42. The van der Waals surface area contributed by atoms with Crippen molar-refractivity contribution in [2.24, 2.45) is 0 Å². The van der Waals surface area contributed by atoms with Gasteiger partial charge in [-0.2, -0.15) is 0 Å². The van der Waals surface area contributed by atoms with E-state index < -0.39 is 8.37 Å². The van der Waals surface area contributed by atoms with Crippen LogP contribution in [0.3, 0.4) is 0 Å². The lowest BCUT2D eigenvalue weighted by atomic mass is 10.4. The van der Waals surface area contributed by atoms with Crippen LogP contribution in [-0.4, -0.2) is 36.6 Å². The van der Waals surface area contributed by atoms with E-state index in [9.17, 15) is 4.79 Å². The average molecular weight is 255 g/mol. The van der Waals surface area contributed by atoms with Crippen molar-refractivity contribution >= 4 is 25.0 Å². The predicted octanol–water partition coefficient (Wildman–Crippen LogP) is 3.00. The van der Waals surface area contributed by atoms with E-state index in [1.54, 1.807) is 6.92 Å². The van der Waals surface area contributed by atoms with Crippen molar-refractivity contribution in [3.8, 4) is 0 Å². The van der Waals surface area contributed by atoms with Crippen LogP contribution in [0.25, 0.3) is 0 Å². The van der Waals surface area contributed by atoms with E-state index in [2.05, 4.69) is 26.0 Å². The lowest BCUT2D eigenvalue weighted by Gasteiger charge is -2.47. The molecule has 0 aliphatic rings. The molecule has 0 heterocycles. The smallest absolute Gasteiger partial charge is 0.333 e. The fourth-order valence-electron chi connectivity index (χ4n) is 0.999. The molecule has 0 atom stereocenters. The SMILES string of the molecule is C=C(C)C(=O)OCCC[SH](C)(C)(Cl)CC. The van der Waals surface area contributed by atoms with Crippen LogP contribution in [-0.2, 0) is 9.53 Å². The number of hydrogen-bond acceptors (Lipinski definition) is 2. The third kappa shape index (κ3) is 6.85. The summed E-state index contributed by atoms with van der Waals surface area (Å²) in [5.74, 6) is 1.66. The molecule has 0 unspecified atom stereocenters. The quantitative estimate of drug-likeness (QED) is 0.341. The number of ether oxygens (including phenoxy) is 1. The topological polar surface area (TPSA) is 26.3 Å². The molecule has 0 aromatic heterocycles. The van der Waals surface area contributed by atoms with Gasteiger partial charge in [0.1, 0.15) is 0 Å². The lowest BCUT2D eigenvalue weighted by molar-refractivity contribution is -0.138. The highest BCUT2D eigenvalue weighted by Gasteiger charge is 2.24. The summed E-state index contributed by atoms with van der Waals surface area (Å²) in [4.78, 5) is 11.1. The molecule has 0 bridgehead atoms. The molecule has 0 N–H and O–H groups in total. The van der Waals surface area contributed by atoms with Gasteiger partial charge in [0.15, 0.2) is 0 Å². The van der Waals surface area contributed by atoms with Crippen molar-refractivity contribution in [2.75, 3.05) is 30.6 Å². The molecule has 0 rings (SSSR count). The first-order chi connectivity index (χ1) is 6.65. The maximum absolute atomic E-state index is 11.1. The van der Waals surface area contributed by atoms with Crippen LogP contribution >= 0.6 is 19.1 Å². The van der Waals surface area contributed by atoms with Gasteiger partial charge >= 0.3 is 5.97 Å². The molecule has 15 heavy (non-hydrogen) atoms. The number of rotatable bonds is 6. The Morgan fingerprint density at radius 3 is 2.40 bits per heavy atom. The van der Waals surface area contributed by atoms with Crippen LogP contribution in [0.1, 0.15) is 20.3 Å². The molecule has 0 aromatic rings. The molecule has 4 heteroatoms. The molecule has 0 aliphatic heterocycles. The number of carbonyl (C=O) groups excluding carboxylic acids is 1. The van der Waals surface area contributed by atoms with Crippen LogP contribution in [0.2, 0.25) is 0 Å². The molecular formula is C11H23ClO2S. The fraction of sp³-hybridized carbons (Fsp3) is 0.727. The molecule has 0 aromatic carbocycles. The second-order valence-electron chi connectivity index (χ2n) is 4.82. The zero-order valence-corrected chi connectivity index (χ0v) is 11.8. The molecule has 0 saturated heterocycles. The molecule has 2 nitrogen and oxygen atoms in total. The fourth-order valence-corrected chi connectivity index (χ4v) is 2.78. The Balaban J connectivity index is 3.82. The van der Waals surface area contributed by atoms with E-state index in [4.69, 9.17) is 15.4 Å². The Morgan fingerprint density at radius 1 is 1.47 bits per heavy atom. The van der Waals surface area contributed by atoms with Crippen molar-refractivity contribution in [1.29, 1.82) is 0 Å². The molecule has 0 saturated carbocycles. The molecule has 0 fully saturated rings. The van der Waals surface area contributed by atoms with Crippen LogP contribution in [0, 0.1) is 0 Å². The van der Waals surface area contributed by atoms with Crippen molar-refractivity contribution in [2.45, 2.75) is 20.3 Å². The van der Waals surface area contributed by atoms with Gasteiger partial charge in [0.25, 0.3) is 0 Å². The summed E-state index contributed by atoms with van der Waals surface area (Å²) in [6.45, 7) is 7.73. The average Bonchev–Trinajstić information content (AvgIpc) is 2.11. The van der Waals surface area contributed by atoms with E-state index in [0.29, 0.717) is 12.2 Å². The molecule has 92 valence electrons. The molecule has 0 spiro atoms. The Hall–Kier alpha value is -0.150. The normalized spacial score (nSPS) is 14.1. The van der Waals surface area contributed by atoms with Crippen LogP contribution in [0.15, 0.2) is 12.2 Å². The van der Waals surface area contributed by atoms with Gasteiger partial charge in [-0.25, -0.2) is 13.2 Å². The van der Waals surface area contributed by atoms with Crippen molar-refractivity contribution in [3.63, 3.8) is 0 Å². The minimum Gasteiger partial charge on any atom is -0.462 e. The second kappa shape index (κ2) is 5.26. The van der Waals surface area contributed by atoms with E-state index >= 15 is 0 Å². The summed E-state index contributed by atoms with van der Waals surface area (Å²) in [6, 6.07) is 0. The second-order valence-corrected chi connectivity index (χ2v) is 14.4. The standard InChI is InChI=1S/C11H23ClO2S/c1-6-15(4,5,12)9-7-8-14-11(13)10(2)3/h15H,2,6-9H2,1,3-5H3. The molecular weight excluding hydrogens is 232 g/mol. The molecule has 0 amide bonds. The summed E-state index contributed by atoms with van der Waals surface area (Å²) in [5, 5.41) is 0. The highest BCUT2D eigenvalue weighted by molar-refractivity contribution is 8.64. The van der Waals surface area contributed by atoms with Gasteiger partial charge in [-0.05, 0) is 37.4 Å². The Bertz CT molecular complexity index is 253. The zero-order chi connectivity index (χ0) is 12.1. The minimum absolute atomic E-state index is 0.311. The summed E-state index contributed by atoms with van der Waals surface area (Å²) in [6.07, 6.45) is 5.13. The maximum atomic E-state index is 11.1. The number of thiol groups is 1. The highest BCUT2D eigenvalue weighted by atomic mass is 35.7. The van der Waals surface area contributed by atoms with Crippen molar-refractivity contribution < 1.29 is 9.53 Å². The Morgan fingerprint density at radius 2 is 2.00 bits per heavy atom. The number of halogens is 1. The van der Waals surface area contributed by atoms with Crippen LogP contribution in [0.5, 0.6) is 0 Å². The first kappa shape index (κ1) is 14.8. The highest BCUT2D eigenvalue weighted by Crippen LogP contribution is 2.67. The number of carbonyl (C=O) groups is 1. The van der Waals surface area contributed by atoms with Crippen LogP contribution in [0.4, 0.5) is 0 Å². The van der Waals surface area contributed by atoms with Gasteiger partial charge in [-0.15, -0.1) is 0 Å². The first-order valence-corrected chi connectivity index (χ1v) is 9.61. The molecule has 0 radical (unpaired) electrons. The Labute approximate surface area is 97.8 Å². The van der Waals surface area contributed by atoms with E-state index in [1.165, 1.54) is 0 Å². The van der Waals surface area contributed by atoms with Gasteiger partial charge in [0, 0.05) is 5.57 Å².